The van der Waals surface area contributed by atoms with E-state index in [2.05, 4.69) is 60.8 Å². The SMILES string of the molecule is CC(C)(C)NCCNc1ccccc1Cn1cccn1. The molecule has 0 bridgehead atoms. The van der Waals surface area contributed by atoms with Crippen molar-refractivity contribution in [2.45, 2.75) is 32.9 Å². The first-order valence-electron chi connectivity index (χ1n) is 7.09. The van der Waals surface area contributed by atoms with Gasteiger partial charge in [-0.05, 0) is 38.5 Å². The van der Waals surface area contributed by atoms with Crippen molar-refractivity contribution < 1.29 is 0 Å². The van der Waals surface area contributed by atoms with Gasteiger partial charge in [-0.25, -0.2) is 0 Å². The molecule has 1 aromatic heterocycles. The summed E-state index contributed by atoms with van der Waals surface area (Å²) in [6.07, 6.45) is 3.79. The molecule has 0 atom stereocenters. The maximum Gasteiger partial charge on any atom is 0.0679 e. The van der Waals surface area contributed by atoms with Gasteiger partial charge in [-0.1, -0.05) is 18.2 Å². The summed E-state index contributed by atoms with van der Waals surface area (Å²) in [6.45, 7) is 9.19. The number of benzene rings is 1. The Labute approximate surface area is 121 Å². The van der Waals surface area contributed by atoms with Crippen LogP contribution in [0, 0.1) is 0 Å². The summed E-state index contributed by atoms with van der Waals surface area (Å²) >= 11 is 0. The molecule has 2 aromatic rings. The van der Waals surface area contributed by atoms with E-state index in [1.165, 1.54) is 11.3 Å². The largest absolute Gasteiger partial charge is 0.383 e. The zero-order valence-corrected chi connectivity index (χ0v) is 12.6. The van der Waals surface area contributed by atoms with Crippen LogP contribution in [0.3, 0.4) is 0 Å². The Morgan fingerprint density at radius 2 is 1.90 bits per heavy atom. The molecule has 0 saturated heterocycles. The fourth-order valence-corrected chi connectivity index (χ4v) is 2.03. The van der Waals surface area contributed by atoms with Crippen LogP contribution in [0.25, 0.3) is 0 Å². The van der Waals surface area contributed by atoms with Gasteiger partial charge >= 0.3 is 0 Å². The molecule has 4 heteroatoms. The van der Waals surface area contributed by atoms with Crippen molar-refractivity contribution in [1.82, 2.24) is 15.1 Å². The van der Waals surface area contributed by atoms with Crippen molar-refractivity contribution in [3.63, 3.8) is 0 Å². The average molecular weight is 272 g/mol. The molecule has 108 valence electrons. The van der Waals surface area contributed by atoms with Crippen LogP contribution < -0.4 is 10.6 Å². The zero-order chi connectivity index (χ0) is 14.4. The monoisotopic (exact) mass is 272 g/mol. The Kier molecular flexibility index (Phi) is 4.79. The highest BCUT2D eigenvalue weighted by Crippen LogP contribution is 2.15. The molecule has 0 aliphatic heterocycles. The second-order valence-corrected chi connectivity index (χ2v) is 5.96. The maximum absolute atomic E-state index is 4.26. The van der Waals surface area contributed by atoms with Crippen LogP contribution in [0.1, 0.15) is 26.3 Å². The predicted molar refractivity (Wildman–Crippen MR) is 84.0 cm³/mol. The minimum atomic E-state index is 0.163. The third-order valence-electron chi connectivity index (χ3n) is 3.00. The Morgan fingerprint density at radius 1 is 1.10 bits per heavy atom. The summed E-state index contributed by atoms with van der Waals surface area (Å²) in [5.41, 5.74) is 2.60. The standard InChI is InChI=1S/C16H24N4/c1-16(2,3)18-11-10-17-15-8-5-4-7-14(15)13-20-12-6-9-19-20/h4-9,12,17-18H,10-11,13H2,1-3H3. The summed E-state index contributed by atoms with van der Waals surface area (Å²) < 4.78 is 1.94. The lowest BCUT2D eigenvalue weighted by molar-refractivity contribution is 0.435. The summed E-state index contributed by atoms with van der Waals surface area (Å²) in [5, 5.41) is 11.2. The number of anilines is 1. The lowest BCUT2D eigenvalue weighted by atomic mass is 10.1. The number of nitrogens with zero attached hydrogens (tertiary/aromatic N) is 2. The van der Waals surface area contributed by atoms with Crippen LogP contribution in [-0.2, 0) is 6.54 Å². The Hall–Kier alpha value is -1.81. The summed E-state index contributed by atoms with van der Waals surface area (Å²) in [4.78, 5) is 0. The van der Waals surface area contributed by atoms with E-state index in [-0.39, 0.29) is 5.54 Å². The third kappa shape index (κ3) is 4.70. The van der Waals surface area contributed by atoms with E-state index in [9.17, 15) is 0 Å². The van der Waals surface area contributed by atoms with Gasteiger partial charge in [-0.3, -0.25) is 4.68 Å². The average Bonchev–Trinajstić information content (AvgIpc) is 2.88. The zero-order valence-electron chi connectivity index (χ0n) is 12.6. The van der Waals surface area contributed by atoms with Gasteiger partial charge in [-0.2, -0.15) is 5.10 Å². The first-order valence-corrected chi connectivity index (χ1v) is 7.09. The number of rotatable bonds is 6. The molecule has 1 heterocycles. The fourth-order valence-electron chi connectivity index (χ4n) is 2.03. The Balaban J connectivity index is 1.91. The van der Waals surface area contributed by atoms with Crippen LogP contribution in [0.5, 0.6) is 0 Å². The van der Waals surface area contributed by atoms with Gasteiger partial charge in [0.2, 0.25) is 0 Å². The molecule has 0 fully saturated rings. The molecule has 0 radical (unpaired) electrons. The van der Waals surface area contributed by atoms with Crippen molar-refractivity contribution >= 4 is 5.69 Å². The van der Waals surface area contributed by atoms with Gasteiger partial charge in [0.05, 0.1) is 6.54 Å². The number of hydrogen-bond donors (Lipinski definition) is 2. The molecule has 20 heavy (non-hydrogen) atoms. The quantitative estimate of drug-likeness (QED) is 0.795. The minimum Gasteiger partial charge on any atom is -0.383 e. The molecule has 0 unspecified atom stereocenters. The van der Waals surface area contributed by atoms with Gasteiger partial charge in [0.25, 0.3) is 0 Å². The smallest absolute Gasteiger partial charge is 0.0679 e. The van der Waals surface area contributed by atoms with E-state index >= 15 is 0 Å². The number of nitrogens with one attached hydrogen (secondary N) is 2. The molecule has 0 saturated carbocycles. The highest BCUT2D eigenvalue weighted by atomic mass is 15.3. The van der Waals surface area contributed by atoms with E-state index in [1.54, 1.807) is 0 Å². The van der Waals surface area contributed by atoms with Crippen molar-refractivity contribution in [3.05, 3.63) is 48.3 Å². The van der Waals surface area contributed by atoms with E-state index < -0.39 is 0 Å². The van der Waals surface area contributed by atoms with E-state index in [4.69, 9.17) is 0 Å². The lowest BCUT2D eigenvalue weighted by Gasteiger charge is -2.21. The van der Waals surface area contributed by atoms with Crippen molar-refractivity contribution in [2.24, 2.45) is 0 Å². The lowest BCUT2D eigenvalue weighted by Crippen LogP contribution is -2.38. The van der Waals surface area contributed by atoms with Gasteiger partial charge in [0, 0.05) is 36.7 Å². The Bertz CT molecular complexity index is 512. The molecule has 0 spiro atoms. The normalized spacial score (nSPS) is 11.6. The molecule has 4 nitrogen and oxygen atoms in total. The highest BCUT2D eigenvalue weighted by molar-refractivity contribution is 5.51. The van der Waals surface area contributed by atoms with Crippen LogP contribution in [0.15, 0.2) is 42.7 Å². The summed E-state index contributed by atoms with van der Waals surface area (Å²) in [6, 6.07) is 10.3. The number of hydrogen-bond acceptors (Lipinski definition) is 3. The van der Waals surface area contributed by atoms with Crippen molar-refractivity contribution in [2.75, 3.05) is 18.4 Å². The molecular weight excluding hydrogens is 248 g/mol. The first-order chi connectivity index (χ1) is 9.54. The number of para-hydroxylation sites is 1. The molecule has 0 amide bonds. The first kappa shape index (κ1) is 14.6. The van der Waals surface area contributed by atoms with E-state index in [0.29, 0.717) is 0 Å². The summed E-state index contributed by atoms with van der Waals surface area (Å²) in [7, 11) is 0. The molecular formula is C16H24N4. The van der Waals surface area contributed by atoms with Crippen molar-refractivity contribution in [3.8, 4) is 0 Å². The maximum atomic E-state index is 4.26. The molecule has 2 rings (SSSR count). The second kappa shape index (κ2) is 6.57. The number of aromatic nitrogens is 2. The van der Waals surface area contributed by atoms with Crippen LogP contribution in [-0.4, -0.2) is 28.4 Å². The third-order valence-corrected chi connectivity index (χ3v) is 3.00. The molecule has 0 aliphatic carbocycles. The summed E-state index contributed by atoms with van der Waals surface area (Å²) in [5.74, 6) is 0. The van der Waals surface area contributed by atoms with Crippen LogP contribution >= 0.6 is 0 Å². The highest BCUT2D eigenvalue weighted by Gasteiger charge is 2.07. The second-order valence-electron chi connectivity index (χ2n) is 5.96. The van der Waals surface area contributed by atoms with Gasteiger partial charge in [0.15, 0.2) is 0 Å². The van der Waals surface area contributed by atoms with E-state index in [1.807, 2.05) is 23.1 Å². The van der Waals surface area contributed by atoms with E-state index in [0.717, 1.165) is 19.6 Å². The van der Waals surface area contributed by atoms with Crippen LogP contribution in [0.2, 0.25) is 0 Å². The van der Waals surface area contributed by atoms with Gasteiger partial charge < -0.3 is 10.6 Å². The van der Waals surface area contributed by atoms with Crippen molar-refractivity contribution in [1.29, 1.82) is 0 Å². The fraction of sp³-hybridized carbons (Fsp3) is 0.438. The predicted octanol–water partition coefficient (Wildman–Crippen LogP) is 2.73. The topological polar surface area (TPSA) is 41.9 Å². The molecule has 2 N–H and O–H groups in total. The van der Waals surface area contributed by atoms with Gasteiger partial charge in [0.1, 0.15) is 0 Å². The molecule has 1 aromatic carbocycles. The van der Waals surface area contributed by atoms with Gasteiger partial charge in [-0.15, -0.1) is 0 Å². The molecule has 0 aliphatic rings. The Morgan fingerprint density at radius 3 is 2.60 bits per heavy atom. The van der Waals surface area contributed by atoms with Crippen LogP contribution in [0.4, 0.5) is 5.69 Å². The minimum absolute atomic E-state index is 0.163.